The number of nitrogens with zero attached hydrogens (tertiary/aromatic N) is 1. The molecule has 1 aromatic rings. The molecule has 0 bridgehead atoms. The molecule has 0 fully saturated rings. The lowest BCUT2D eigenvalue weighted by Crippen LogP contribution is -2.35. The Labute approximate surface area is 91.2 Å². The van der Waals surface area contributed by atoms with Crippen LogP contribution in [0.2, 0.25) is 0 Å². The number of aliphatic hydroxyl groups excluding tert-OH is 1. The first-order chi connectivity index (χ1) is 7.07. The van der Waals surface area contributed by atoms with Gasteiger partial charge in [-0.1, -0.05) is 6.92 Å². The standard InChI is InChI=1S/C9H14F2N2OS/c1-2-8-13-4-7(15-8)3-12-5-9(10,11)6-14/h4,12,14H,2-3,5-6H2,1H3. The van der Waals surface area contributed by atoms with E-state index in [1.807, 2.05) is 6.92 Å². The molecule has 0 aliphatic rings. The quantitative estimate of drug-likeness (QED) is 0.785. The number of aliphatic hydroxyl groups is 1. The van der Waals surface area contributed by atoms with E-state index in [0.29, 0.717) is 6.54 Å². The van der Waals surface area contributed by atoms with Gasteiger partial charge in [-0.2, -0.15) is 0 Å². The maximum atomic E-state index is 12.6. The molecule has 0 amide bonds. The lowest BCUT2D eigenvalue weighted by molar-refractivity contribution is -0.0477. The minimum atomic E-state index is -3.04. The average Bonchev–Trinajstić information content (AvgIpc) is 2.66. The first-order valence-corrected chi connectivity index (χ1v) is 5.52. The number of hydrogen-bond acceptors (Lipinski definition) is 4. The Bertz CT molecular complexity index is 304. The SMILES string of the molecule is CCc1ncc(CNCC(F)(F)CO)s1. The van der Waals surface area contributed by atoms with Crippen molar-refractivity contribution >= 4 is 11.3 Å². The molecule has 86 valence electrons. The van der Waals surface area contributed by atoms with Crippen LogP contribution in [0, 0.1) is 0 Å². The molecular weight excluding hydrogens is 222 g/mol. The molecule has 0 saturated carbocycles. The minimum absolute atomic E-state index is 0.368. The smallest absolute Gasteiger partial charge is 0.282 e. The highest BCUT2D eigenvalue weighted by Gasteiger charge is 2.26. The summed E-state index contributed by atoms with van der Waals surface area (Å²) in [5.74, 6) is -3.04. The highest BCUT2D eigenvalue weighted by molar-refractivity contribution is 7.11. The van der Waals surface area contributed by atoms with Gasteiger partial charge in [0.05, 0.1) is 11.6 Å². The van der Waals surface area contributed by atoms with Gasteiger partial charge in [-0.3, -0.25) is 0 Å². The van der Waals surface area contributed by atoms with Crippen molar-refractivity contribution in [3.63, 3.8) is 0 Å². The number of aryl methyl sites for hydroxylation is 1. The Kier molecular flexibility index (Phi) is 4.56. The van der Waals surface area contributed by atoms with Gasteiger partial charge in [0.15, 0.2) is 0 Å². The van der Waals surface area contributed by atoms with Crippen molar-refractivity contribution in [2.24, 2.45) is 0 Å². The first-order valence-electron chi connectivity index (χ1n) is 4.70. The largest absolute Gasteiger partial charge is 0.390 e. The zero-order valence-corrected chi connectivity index (χ0v) is 9.28. The summed E-state index contributed by atoms with van der Waals surface area (Å²) in [5, 5.41) is 11.9. The summed E-state index contributed by atoms with van der Waals surface area (Å²) in [6, 6.07) is 0. The summed E-state index contributed by atoms with van der Waals surface area (Å²) in [7, 11) is 0. The highest BCUT2D eigenvalue weighted by atomic mass is 32.1. The highest BCUT2D eigenvalue weighted by Crippen LogP contribution is 2.14. The normalized spacial score (nSPS) is 12.0. The van der Waals surface area contributed by atoms with Crippen LogP contribution in [0.25, 0.3) is 0 Å². The summed E-state index contributed by atoms with van der Waals surface area (Å²) in [5.41, 5.74) is 0. The van der Waals surface area contributed by atoms with Crippen LogP contribution in [-0.2, 0) is 13.0 Å². The molecule has 0 atom stereocenters. The molecule has 15 heavy (non-hydrogen) atoms. The number of halogens is 2. The van der Waals surface area contributed by atoms with Crippen molar-refractivity contribution < 1.29 is 13.9 Å². The zero-order valence-electron chi connectivity index (χ0n) is 8.46. The molecule has 0 aromatic carbocycles. The van der Waals surface area contributed by atoms with Gasteiger partial charge in [0.25, 0.3) is 5.92 Å². The van der Waals surface area contributed by atoms with Crippen molar-refractivity contribution in [1.82, 2.24) is 10.3 Å². The van der Waals surface area contributed by atoms with Gasteiger partial charge in [-0.15, -0.1) is 11.3 Å². The summed E-state index contributed by atoms with van der Waals surface area (Å²) in [6.45, 7) is 0.731. The maximum Gasteiger partial charge on any atom is 0.282 e. The number of nitrogens with one attached hydrogen (secondary N) is 1. The van der Waals surface area contributed by atoms with Gasteiger partial charge in [-0.25, -0.2) is 13.8 Å². The monoisotopic (exact) mass is 236 g/mol. The average molecular weight is 236 g/mol. The Morgan fingerprint density at radius 1 is 1.60 bits per heavy atom. The molecule has 0 radical (unpaired) electrons. The van der Waals surface area contributed by atoms with E-state index in [1.165, 1.54) is 11.3 Å². The van der Waals surface area contributed by atoms with Crippen LogP contribution in [-0.4, -0.2) is 29.2 Å². The van der Waals surface area contributed by atoms with E-state index < -0.39 is 19.1 Å². The van der Waals surface area contributed by atoms with Crippen LogP contribution < -0.4 is 5.32 Å². The van der Waals surface area contributed by atoms with E-state index in [4.69, 9.17) is 5.11 Å². The van der Waals surface area contributed by atoms with Crippen LogP contribution >= 0.6 is 11.3 Å². The minimum Gasteiger partial charge on any atom is -0.390 e. The molecule has 1 heterocycles. The van der Waals surface area contributed by atoms with Crippen molar-refractivity contribution in [2.75, 3.05) is 13.2 Å². The Morgan fingerprint density at radius 3 is 2.87 bits per heavy atom. The number of alkyl halides is 2. The van der Waals surface area contributed by atoms with Gasteiger partial charge >= 0.3 is 0 Å². The maximum absolute atomic E-state index is 12.6. The molecule has 0 aliphatic carbocycles. The molecule has 0 saturated heterocycles. The van der Waals surface area contributed by atoms with E-state index in [9.17, 15) is 8.78 Å². The van der Waals surface area contributed by atoms with Crippen molar-refractivity contribution in [3.05, 3.63) is 16.1 Å². The summed E-state index contributed by atoms with van der Waals surface area (Å²) >= 11 is 1.51. The van der Waals surface area contributed by atoms with Crippen LogP contribution in [0.4, 0.5) is 8.78 Å². The summed E-state index contributed by atoms with van der Waals surface area (Å²) in [6.07, 6.45) is 2.55. The number of hydrogen-bond donors (Lipinski definition) is 2. The third-order valence-corrected chi connectivity index (χ3v) is 2.96. The zero-order chi connectivity index (χ0) is 11.3. The van der Waals surface area contributed by atoms with Gasteiger partial charge in [0.2, 0.25) is 0 Å². The van der Waals surface area contributed by atoms with E-state index in [0.717, 1.165) is 16.3 Å². The Hall–Kier alpha value is -0.590. The fraction of sp³-hybridized carbons (Fsp3) is 0.667. The van der Waals surface area contributed by atoms with Gasteiger partial charge in [0, 0.05) is 17.6 Å². The summed E-state index contributed by atoms with van der Waals surface area (Å²) < 4.78 is 25.2. The van der Waals surface area contributed by atoms with Gasteiger partial charge < -0.3 is 10.4 Å². The fourth-order valence-corrected chi connectivity index (χ4v) is 1.85. The molecule has 6 heteroatoms. The fourth-order valence-electron chi connectivity index (χ4n) is 1.02. The molecule has 1 rings (SSSR count). The number of thiazole rings is 1. The molecule has 0 unspecified atom stereocenters. The lowest BCUT2D eigenvalue weighted by atomic mass is 10.3. The molecule has 0 spiro atoms. The second-order valence-corrected chi connectivity index (χ2v) is 4.39. The summed E-state index contributed by atoms with van der Waals surface area (Å²) in [4.78, 5) is 5.04. The second-order valence-electron chi connectivity index (χ2n) is 3.19. The third kappa shape index (κ3) is 4.19. The van der Waals surface area contributed by atoms with E-state index >= 15 is 0 Å². The van der Waals surface area contributed by atoms with Crippen LogP contribution in [0.15, 0.2) is 6.20 Å². The van der Waals surface area contributed by atoms with E-state index in [-0.39, 0.29) is 0 Å². The Morgan fingerprint density at radius 2 is 2.33 bits per heavy atom. The molecule has 0 aliphatic heterocycles. The van der Waals surface area contributed by atoms with Gasteiger partial charge in [0.1, 0.15) is 6.61 Å². The van der Waals surface area contributed by atoms with Crippen LogP contribution in [0.5, 0.6) is 0 Å². The first kappa shape index (κ1) is 12.5. The number of rotatable bonds is 6. The lowest BCUT2D eigenvalue weighted by Gasteiger charge is -2.12. The molecule has 1 aromatic heterocycles. The van der Waals surface area contributed by atoms with E-state index in [1.54, 1.807) is 6.20 Å². The van der Waals surface area contributed by atoms with Crippen molar-refractivity contribution in [1.29, 1.82) is 0 Å². The predicted octanol–water partition coefficient (Wildman–Crippen LogP) is 1.42. The van der Waals surface area contributed by atoms with Crippen molar-refractivity contribution in [2.45, 2.75) is 25.8 Å². The van der Waals surface area contributed by atoms with Crippen LogP contribution in [0.3, 0.4) is 0 Å². The number of aromatic nitrogens is 1. The van der Waals surface area contributed by atoms with E-state index in [2.05, 4.69) is 10.3 Å². The second kappa shape index (κ2) is 5.48. The van der Waals surface area contributed by atoms with Crippen molar-refractivity contribution in [3.8, 4) is 0 Å². The molecule has 3 nitrogen and oxygen atoms in total. The molecular formula is C9H14F2N2OS. The molecule has 2 N–H and O–H groups in total. The Balaban J connectivity index is 2.31. The third-order valence-electron chi connectivity index (χ3n) is 1.82. The predicted molar refractivity (Wildman–Crippen MR) is 55.2 cm³/mol. The topological polar surface area (TPSA) is 45.2 Å². The van der Waals surface area contributed by atoms with Gasteiger partial charge in [-0.05, 0) is 6.42 Å². The van der Waals surface area contributed by atoms with Crippen LogP contribution in [0.1, 0.15) is 16.8 Å².